The Morgan fingerprint density at radius 2 is 1.96 bits per heavy atom. The van der Waals surface area contributed by atoms with Gasteiger partial charge in [0.15, 0.2) is 0 Å². The smallest absolute Gasteiger partial charge is 0.120 e. The van der Waals surface area contributed by atoms with Gasteiger partial charge < -0.3 is 20.1 Å². The normalized spacial score (nSPS) is 14.3. The molecule has 1 fully saturated rings. The molecule has 140 valence electrons. The molecular weight excluding hydrogens is 416 g/mol. The Morgan fingerprint density at radius 1 is 1.15 bits per heavy atom. The Hall–Kier alpha value is -1.11. The van der Waals surface area contributed by atoms with E-state index in [1.807, 2.05) is 24.3 Å². The summed E-state index contributed by atoms with van der Waals surface area (Å²) in [6.45, 7) is 5.14. The van der Waals surface area contributed by atoms with E-state index in [4.69, 9.17) is 21.1 Å². The highest BCUT2D eigenvalue weighted by Crippen LogP contribution is 2.24. The molecule has 1 aliphatic rings. The molecule has 0 bridgehead atoms. The third kappa shape index (κ3) is 5.69. The number of hydrogen-bond acceptors (Lipinski definition) is 4. The molecule has 2 N–H and O–H groups in total. The topological polar surface area (TPSA) is 42.5 Å². The minimum Gasteiger partial charge on any atom is -0.489 e. The number of nitrogens with one attached hydrogen (secondary N) is 2. The molecule has 2 aromatic carbocycles. The lowest BCUT2D eigenvalue weighted by Gasteiger charge is -2.27. The van der Waals surface area contributed by atoms with E-state index < -0.39 is 0 Å². The van der Waals surface area contributed by atoms with E-state index in [0.717, 1.165) is 53.4 Å². The van der Waals surface area contributed by atoms with Gasteiger partial charge in [-0.3, -0.25) is 0 Å². The zero-order valence-corrected chi connectivity index (χ0v) is 17.2. The molecule has 0 spiro atoms. The van der Waals surface area contributed by atoms with Crippen molar-refractivity contribution in [3.8, 4) is 5.75 Å². The van der Waals surface area contributed by atoms with Crippen LogP contribution >= 0.6 is 27.5 Å². The van der Waals surface area contributed by atoms with Crippen LogP contribution in [0.5, 0.6) is 5.75 Å². The predicted molar refractivity (Wildman–Crippen MR) is 109 cm³/mol. The molecule has 0 amide bonds. The maximum atomic E-state index is 6.03. The second kappa shape index (κ2) is 9.72. The number of methoxy groups -OCH3 is 1. The lowest BCUT2D eigenvalue weighted by atomic mass is 10.0. The first-order valence-electron chi connectivity index (χ1n) is 8.74. The van der Waals surface area contributed by atoms with Crippen LogP contribution in [-0.2, 0) is 24.5 Å². The Morgan fingerprint density at radius 3 is 2.65 bits per heavy atom. The van der Waals surface area contributed by atoms with E-state index in [2.05, 4.69) is 38.7 Å². The second-order valence-electron chi connectivity index (χ2n) is 6.60. The van der Waals surface area contributed by atoms with Crippen molar-refractivity contribution in [3.05, 3.63) is 62.6 Å². The van der Waals surface area contributed by atoms with Gasteiger partial charge in [0.2, 0.25) is 0 Å². The number of hydrogen-bond donors (Lipinski definition) is 2. The zero-order valence-electron chi connectivity index (χ0n) is 14.9. The van der Waals surface area contributed by atoms with E-state index >= 15 is 0 Å². The van der Waals surface area contributed by atoms with E-state index in [0.29, 0.717) is 18.2 Å². The molecule has 0 atom stereocenters. The molecule has 0 aliphatic carbocycles. The van der Waals surface area contributed by atoms with Crippen molar-refractivity contribution in [3.63, 3.8) is 0 Å². The van der Waals surface area contributed by atoms with Crippen molar-refractivity contribution in [2.75, 3.05) is 26.7 Å². The summed E-state index contributed by atoms with van der Waals surface area (Å²) in [6, 6.07) is 12.0. The minimum atomic E-state index is 0.481. The molecule has 3 rings (SSSR count). The molecule has 26 heavy (non-hydrogen) atoms. The van der Waals surface area contributed by atoms with Gasteiger partial charge in [0, 0.05) is 48.3 Å². The van der Waals surface area contributed by atoms with Crippen LogP contribution in [0.1, 0.15) is 16.7 Å². The van der Waals surface area contributed by atoms with Gasteiger partial charge in [-0.15, -0.1) is 0 Å². The molecule has 0 radical (unpaired) electrons. The van der Waals surface area contributed by atoms with Gasteiger partial charge in [0.25, 0.3) is 0 Å². The number of rotatable bonds is 9. The van der Waals surface area contributed by atoms with Gasteiger partial charge >= 0.3 is 0 Å². The Balaban J connectivity index is 1.64. The molecule has 0 saturated carbocycles. The molecule has 4 nitrogen and oxygen atoms in total. The van der Waals surface area contributed by atoms with Crippen molar-refractivity contribution in [2.24, 2.45) is 5.92 Å². The molecule has 1 heterocycles. The van der Waals surface area contributed by atoms with E-state index in [-0.39, 0.29) is 0 Å². The summed E-state index contributed by atoms with van der Waals surface area (Å²) >= 11 is 9.54. The molecular formula is C20H24BrClN2O2. The quantitative estimate of drug-likeness (QED) is 0.616. The first-order chi connectivity index (χ1) is 12.6. The molecule has 1 saturated heterocycles. The van der Waals surface area contributed by atoms with Gasteiger partial charge in [-0.05, 0) is 41.3 Å². The monoisotopic (exact) mass is 438 g/mol. The summed E-state index contributed by atoms with van der Waals surface area (Å²) in [5.74, 6) is 1.60. The van der Waals surface area contributed by atoms with E-state index in [1.54, 1.807) is 7.11 Å². The number of halogens is 2. The first kappa shape index (κ1) is 19.6. The zero-order chi connectivity index (χ0) is 18.4. The van der Waals surface area contributed by atoms with Crippen LogP contribution in [0.25, 0.3) is 0 Å². The lowest BCUT2D eigenvalue weighted by Crippen LogP contribution is -2.47. The largest absolute Gasteiger partial charge is 0.489 e. The standard InChI is InChI=1S/C20H24BrClN2O2/c1-25-12-15-4-14(8-23-9-16-10-24-11-16)5-19(6-15)26-13-17-2-3-18(22)7-20(17)21/h2-7,16,23-24H,8-13H2,1H3. The van der Waals surface area contributed by atoms with E-state index in [1.165, 1.54) is 5.56 Å². The summed E-state index contributed by atoms with van der Waals surface area (Å²) < 4.78 is 12.3. The SMILES string of the molecule is COCc1cc(CNCC2CNC2)cc(OCc2ccc(Cl)cc2Br)c1. The van der Waals surface area contributed by atoms with Crippen LogP contribution in [-0.4, -0.2) is 26.7 Å². The van der Waals surface area contributed by atoms with Crippen molar-refractivity contribution in [2.45, 2.75) is 19.8 Å². The fraction of sp³-hybridized carbons (Fsp3) is 0.400. The fourth-order valence-corrected chi connectivity index (χ4v) is 3.67. The van der Waals surface area contributed by atoms with Crippen LogP contribution in [0.15, 0.2) is 40.9 Å². The van der Waals surface area contributed by atoms with Crippen molar-refractivity contribution >= 4 is 27.5 Å². The van der Waals surface area contributed by atoms with Crippen LogP contribution in [0.3, 0.4) is 0 Å². The number of ether oxygens (including phenoxy) is 2. The van der Waals surface area contributed by atoms with Crippen LogP contribution in [0.4, 0.5) is 0 Å². The van der Waals surface area contributed by atoms with Crippen LogP contribution < -0.4 is 15.4 Å². The average Bonchev–Trinajstić information content (AvgIpc) is 2.56. The summed E-state index contributed by atoms with van der Waals surface area (Å²) in [7, 11) is 1.71. The van der Waals surface area contributed by atoms with E-state index in [9.17, 15) is 0 Å². The van der Waals surface area contributed by atoms with Gasteiger partial charge in [0.05, 0.1) is 6.61 Å². The highest BCUT2D eigenvalue weighted by molar-refractivity contribution is 9.10. The Kier molecular flexibility index (Phi) is 7.34. The second-order valence-corrected chi connectivity index (χ2v) is 7.89. The molecule has 0 unspecified atom stereocenters. The molecule has 2 aromatic rings. The predicted octanol–water partition coefficient (Wildman–Crippen LogP) is 4.14. The van der Waals surface area contributed by atoms with Gasteiger partial charge in [-0.1, -0.05) is 39.7 Å². The van der Waals surface area contributed by atoms with Crippen molar-refractivity contribution < 1.29 is 9.47 Å². The maximum Gasteiger partial charge on any atom is 0.120 e. The summed E-state index contributed by atoms with van der Waals surface area (Å²) in [5, 5.41) is 7.53. The summed E-state index contributed by atoms with van der Waals surface area (Å²) in [6.07, 6.45) is 0. The summed E-state index contributed by atoms with van der Waals surface area (Å²) in [5.41, 5.74) is 3.38. The van der Waals surface area contributed by atoms with Crippen LogP contribution in [0.2, 0.25) is 5.02 Å². The highest BCUT2D eigenvalue weighted by atomic mass is 79.9. The molecule has 0 aromatic heterocycles. The first-order valence-corrected chi connectivity index (χ1v) is 9.91. The average molecular weight is 440 g/mol. The van der Waals surface area contributed by atoms with Gasteiger partial charge in [-0.2, -0.15) is 0 Å². The van der Waals surface area contributed by atoms with Gasteiger partial charge in [-0.25, -0.2) is 0 Å². The van der Waals surface area contributed by atoms with Gasteiger partial charge in [0.1, 0.15) is 12.4 Å². The molecule has 6 heteroatoms. The maximum absolute atomic E-state index is 6.03. The Labute approximate surface area is 168 Å². The molecule has 1 aliphatic heterocycles. The minimum absolute atomic E-state index is 0.481. The Bertz CT molecular complexity index is 738. The lowest BCUT2D eigenvalue weighted by molar-refractivity contribution is 0.184. The number of benzene rings is 2. The van der Waals surface area contributed by atoms with Crippen molar-refractivity contribution in [1.29, 1.82) is 0 Å². The summed E-state index contributed by atoms with van der Waals surface area (Å²) in [4.78, 5) is 0. The van der Waals surface area contributed by atoms with Crippen molar-refractivity contribution in [1.82, 2.24) is 10.6 Å². The third-order valence-electron chi connectivity index (χ3n) is 4.37. The third-order valence-corrected chi connectivity index (χ3v) is 5.35. The highest BCUT2D eigenvalue weighted by Gasteiger charge is 2.15. The van der Waals surface area contributed by atoms with Crippen LogP contribution in [0, 0.1) is 5.92 Å². The fourth-order valence-electron chi connectivity index (χ4n) is 2.88.